The van der Waals surface area contributed by atoms with Gasteiger partial charge in [-0.1, -0.05) is 46.3 Å². The Bertz CT molecular complexity index is 876. The second-order valence-corrected chi connectivity index (χ2v) is 6.91. The van der Waals surface area contributed by atoms with E-state index in [-0.39, 0.29) is 11.9 Å². The molecule has 1 unspecified atom stereocenters. The van der Waals surface area contributed by atoms with Gasteiger partial charge in [0.2, 0.25) is 0 Å². The molecule has 1 fully saturated rings. The van der Waals surface area contributed by atoms with Gasteiger partial charge in [-0.15, -0.1) is 0 Å². The van der Waals surface area contributed by atoms with E-state index in [2.05, 4.69) is 31.2 Å². The lowest BCUT2D eigenvalue weighted by Crippen LogP contribution is -2.29. The number of carbonyl (C=O) groups is 1. The van der Waals surface area contributed by atoms with Gasteiger partial charge in [0.25, 0.3) is 5.91 Å². The lowest BCUT2D eigenvalue weighted by molar-refractivity contribution is 0.0788. The van der Waals surface area contributed by atoms with Gasteiger partial charge in [-0.05, 0) is 29.8 Å². The van der Waals surface area contributed by atoms with Crippen LogP contribution in [0.1, 0.15) is 22.2 Å². The fraction of sp³-hybridized carbons (Fsp3) is 0.158. The predicted molar refractivity (Wildman–Crippen MR) is 99.9 cm³/mol. The average molecular weight is 397 g/mol. The summed E-state index contributed by atoms with van der Waals surface area (Å²) in [6.45, 7) is 1.12. The van der Waals surface area contributed by atoms with E-state index in [0.29, 0.717) is 18.8 Å². The van der Waals surface area contributed by atoms with Crippen LogP contribution in [-0.4, -0.2) is 34.0 Å². The van der Waals surface area contributed by atoms with Crippen LogP contribution in [0.5, 0.6) is 0 Å². The number of nitrogens with one attached hydrogen (secondary N) is 2. The minimum Gasteiger partial charge on any atom is -0.341 e. The zero-order valence-corrected chi connectivity index (χ0v) is 15.0. The normalized spacial score (nSPS) is 17.0. The summed E-state index contributed by atoms with van der Waals surface area (Å²) < 4.78 is 1.04. The van der Waals surface area contributed by atoms with Crippen molar-refractivity contribution in [3.63, 3.8) is 0 Å². The van der Waals surface area contributed by atoms with E-state index in [1.54, 1.807) is 0 Å². The van der Waals surface area contributed by atoms with Crippen LogP contribution >= 0.6 is 15.9 Å². The maximum atomic E-state index is 12.5. The topological polar surface area (TPSA) is 61.0 Å². The Balaban J connectivity index is 1.47. The molecule has 3 aromatic rings. The van der Waals surface area contributed by atoms with Gasteiger partial charge >= 0.3 is 0 Å². The molecular weight excluding hydrogens is 380 g/mol. The summed E-state index contributed by atoms with van der Waals surface area (Å²) in [7, 11) is 0. The summed E-state index contributed by atoms with van der Waals surface area (Å²) in [6.07, 6.45) is 1.84. The highest BCUT2D eigenvalue weighted by molar-refractivity contribution is 9.10. The molecule has 2 aromatic carbocycles. The monoisotopic (exact) mass is 396 g/mol. The number of amides is 1. The molecule has 1 aromatic heterocycles. The third kappa shape index (κ3) is 3.36. The van der Waals surface area contributed by atoms with Crippen molar-refractivity contribution < 1.29 is 4.79 Å². The Kier molecular flexibility index (Phi) is 4.38. The number of hydrogen-bond acceptors (Lipinski definition) is 3. The first-order chi connectivity index (χ1) is 12.2. The van der Waals surface area contributed by atoms with Crippen LogP contribution in [-0.2, 0) is 0 Å². The van der Waals surface area contributed by atoms with Gasteiger partial charge in [0.1, 0.15) is 5.82 Å². The molecule has 25 heavy (non-hydrogen) atoms. The molecule has 0 aliphatic carbocycles. The Morgan fingerprint density at radius 1 is 1.12 bits per heavy atom. The second kappa shape index (κ2) is 6.82. The lowest BCUT2D eigenvalue weighted by atomic mass is 10.2. The first kappa shape index (κ1) is 16.1. The second-order valence-electron chi connectivity index (χ2n) is 6.00. The third-order valence-electron chi connectivity index (χ3n) is 4.32. The highest BCUT2D eigenvalue weighted by atomic mass is 79.9. The molecule has 2 heterocycles. The van der Waals surface area contributed by atoms with Crippen LogP contribution < -0.4 is 5.32 Å². The molecule has 126 valence electrons. The van der Waals surface area contributed by atoms with Crippen molar-refractivity contribution in [2.24, 2.45) is 0 Å². The number of H-pyrrole nitrogens is 1. The SMILES string of the molecule is O=C(c1ccccc1)N1CNC(c2ncc(-c3ccc(Br)cc3)[nH]2)C1. The Morgan fingerprint density at radius 2 is 1.88 bits per heavy atom. The fourth-order valence-corrected chi connectivity index (χ4v) is 3.23. The van der Waals surface area contributed by atoms with Gasteiger partial charge in [0, 0.05) is 16.6 Å². The maximum Gasteiger partial charge on any atom is 0.254 e. The molecule has 1 saturated heterocycles. The Morgan fingerprint density at radius 3 is 2.64 bits per heavy atom. The van der Waals surface area contributed by atoms with E-state index in [9.17, 15) is 4.79 Å². The number of aromatic nitrogens is 2. The molecule has 0 bridgehead atoms. The van der Waals surface area contributed by atoms with Crippen molar-refractivity contribution in [1.29, 1.82) is 0 Å². The number of rotatable bonds is 3. The molecular formula is C19H17BrN4O. The summed E-state index contributed by atoms with van der Waals surface area (Å²) in [5, 5.41) is 3.35. The Hall–Kier alpha value is -2.44. The number of hydrogen-bond donors (Lipinski definition) is 2. The predicted octanol–water partition coefficient (Wildman–Crippen LogP) is 3.58. The molecule has 6 heteroatoms. The average Bonchev–Trinajstić information content (AvgIpc) is 3.32. The number of nitrogens with zero attached hydrogens (tertiary/aromatic N) is 2. The largest absolute Gasteiger partial charge is 0.341 e. The fourth-order valence-electron chi connectivity index (χ4n) is 2.96. The highest BCUT2D eigenvalue weighted by Gasteiger charge is 2.29. The van der Waals surface area contributed by atoms with Crippen molar-refractivity contribution in [3.05, 3.63) is 76.7 Å². The number of carbonyl (C=O) groups excluding carboxylic acids is 1. The minimum atomic E-state index is 0.0110. The van der Waals surface area contributed by atoms with E-state index in [4.69, 9.17) is 0 Å². The van der Waals surface area contributed by atoms with Crippen LogP contribution in [0.3, 0.4) is 0 Å². The van der Waals surface area contributed by atoms with E-state index in [1.807, 2.05) is 65.7 Å². The van der Waals surface area contributed by atoms with Gasteiger partial charge in [-0.25, -0.2) is 4.98 Å². The van der Waals surface area contributed by atoms with Gasteiger partial charge in [0.05, 0.1) is 24.6 Å². The zero-order valence-electron chi connectivity index (χ0n) is 13.4. The van der Waals surface area contributed by atoms with E-state index in [1.165, 1.54) is 0 Å². The molecule has 0 saturated carbocycles. The van der Waals surface area contributed by atoms with Crippen molar-refractivity contribution >= 4 is 21.8 Å². The summed E-state index contributed by atoms with van der Waals surface area (Å²) in [5.41, 5.74) is 2.76. The molecule has 1 aliphatic heterocycles. The number of halogens is 1. The van der Waals surface area contributed by atoms with Crippen molar-refractivity contribution in [2.75, 3.05) is 13.2 Å². The van der Waals surface area contributed by atoms with E-state index < -0.39 is 0 Å². The molecule has 0 spiro atoms. The molecule has 1 amide bonds. The molecule has 5 nitrogen and oxygen atoms in total. The summed E-state index contributed by atoms with van der Waals surface area (Å²) in [5.74, 6) is 0.886. The van der Waals surface area contributed by atoms with Gasteiger partial charge in [0.15, 0.2) is 0 Å². The third-order valence-corrected chi connectivity index (χ3v) is 4.85. The van der Waals surface area contributed by atoms with Crippen molar-refractivity contribution in [1.82, 2.24) is 20.2 Å². The van der Waals surface area contributed by atoms with Crippen molar-refractivity contribution in [2.45, 2.75) is 6.04 Å². The minimum absolute atomic E-state index is 0.0110. The van der Waals surface area contributed by atoms with E-state index in [0.717, 1.165) is 21.6 Å². The molecule has 4 rings (SSSR count). The molecule has 1 atom stereocenters. The zero-order chi connectivity index (χ0) is 17.2. The first-order valence-corrected chi connectivity index (χ1v) is 8.88. The van der Waals surface area contributed by atoms with Gasteiger partial charge in [-0.2, -0.15) is 0 Å². The van der Waals surface area contributed by atoms with Gasteiger partial charge < -0.3 is 9.88 Å². The van der Waals surface area contributed by atoms with Crippen molar-refractivity contribution in [3.8, 4) is 11.3 Å². The van der Waals surface area contributed by atoms with E-state index >= 15 is 0 Å². The Labute approximate surface area is 154 Å². The number of imidazole rings is 1. The molecule has 0 radical (unpaired) electrons. The van der Waals surface area contributed by atoms with Crippen LogP contribution in [0.15, 0.2) is 65.3 Å². The van der Waals surface area contributed by atoms with Gasteiger partial charge in [-0.3, -0.25) is 10.1 Å². The van der Waals surface area contributed by atoms with Crippen LogP contribution in [0, 0.1) is 0 Å². The molecule has 2 N–H and O–H groups in total. The number of benzene rings is 2. The molecule has 1 aliphatic rings. The van der Waals surface area contributed by atoms with Crippen LogP contribution in [0.25, 0.3) is 11.3 Å². The number of aromatic amines is 1. The van der Waals surface area contributed by atoms with Crippen LogP contribution in [0.4, 0.5) is 0 Å². The lowest BCUT2D eigenvalue weighted by Gasteiger charge is -2.14. The smallest absolute Gasteiger partial charge is 0.254 e. The summed E-state index contributed by atoms with van der Waals surface area (Å²) >= 11 is 3.44. The van der Waals surface area contributed by atoms with Crippen LogP contribution in [0.2, 0.25) is 0 Å². The summed E-state index contributed by atoms with van der Waals surface area (Å²) in [6, 6.07) is 17.4. The first-order valence-electron chi connectivity index (χ1n) is 8.09. The standard InChI is InChI=1S/C19H17BrN4O/c20-15-8-6-13(7-9-15)16-10-21-18(23-16)17-11-24(12-22-17)19(25)14-4-2-1-3-5-14/h1-10,17,22H,11-12H2,(H,21,23). The maximum absolute atomic E-state index is 12.5. The highest BCUT2D eigenvalue weighted by Crippen LogP contribution is 2.23. The summed E-state index contributed by atoms with van der Waals surface area (Å²) in [4.78, 5) is 22.2. The quantitative estimate of drug-likeness (QED) is 0.710.